The SMILES string of the molecule is O=C(OC(C(F)(F)F)C(F)(F)F)C1CN(C(=O)C2(c3ncc(C4CC4)cn3)CC2)C2(CCNCC2)C1. The molecule has 2 saturated heterocycles. The van der Waals surface area contributed by atoms with Gasteiger partial charge in [0.2, 0.25) is 5.91 Å². The summed E-state index contributed by atoms with van der Waals surface area (Å²) in [5, 5.41) is 3.14. The molecule has 0 bridgehead atoms. The largest absolute Gasteiger partial charge is 0.442 e. The molecule has 3 heterocycles. The predicted octanol–water partition coefficient (Wildman–Crippen LogP) is 3.39. The Kier molecular flexibility index (Phi) is 6.00. The maximum absolute atomic E-state index is 13.9. The zero-order valence-corrected chi connectivity index (χ0v) is 19.3. The van der Waals surface area contributed by atoms with Crippen LogP contribution in [0.3, 0.4) is 0 Å². The van der Waals surface area contributed by atoms with E-state index in [-0.39, 0.29) is 18.9 Å². The van der Waals surface area contributed by atoms with E-state index in [0.29, 0.717) is 50.5 Å². The molecule has 198 valence electrons. The molecule has 5 rings (SSSR count). The van der Waals surface area contributed by atoms with Crippen LogP contribution in [0.4, 0.5) is 26.3 Å². The first-order chi connectivity index (χ1) is 16.9. The Hall–Kier alpha value is -2.44. The van der Waals surface area contributed by atoms with E-state index in [9.17, 15) is 35.9 Å². The average molecular weight is 520 g/mol. The summed E-state index contributed by atoms with van der Waals surface area (Å²) in [5.41, 5.74) is -0.842. The van der Waals surface area contributed by atoms with E-state index in [4.69, 9.17) is 0 Å². The molecule has 36 heavy (non-hydrogen) atoms. The lowest BCUT2D eigenvalue weighted by Gasteiger charge is -2.43. The summed E-state index contributed by atoms with van der Waals surface area (Å²) < 4.78 is 81.8. The van der Waals surface area contributed by atoms with Crippen LogP contribution in [0.15, 0.2) is 12.4 Å². The summed E-state index contributed by atoms with van der Waals surface area (Å²) in [5.74, 6) is -2.43. The lowest BCUT2D eigenvalue weighted by atomic mass is 9.82. The van der Waals surface area contributed by atoms with Gasteiger partial charge in [0.1, 0.15) is 11.2 Å². The van der Waals surface area contributed by atoms with E-state index < -0.39 is 41.3 Å². The molecule has 1 aromatic rings. The van der Waals surface area contributed by atoms with Crippen LogP contribution >= 0.6 is 0 Å². The second kappa shape index (κ2) is 8.56. The Bertz CT molecular complexity index is 1000. The number of alkyl halides is 6. The molecule has 1 spiro atoms. The van der Waals surface area contributed by atoms with E-state index in [1.54, 1.807) is 12.4 Å². The van der Waals surface area contributed by atoms with Crippen molar-refractivity contribution in [3.63, 3.8) is 0 Å². The van der Waals surface area contributed by atoms with Crippen molar-refractivity contribution in [1.82, 2.24) is 20.2 Å². The second-order valence-electron chi connectivity index (χ2n) is 10.4. The molecule has 1 aromatic heterocycles. The number of nitrogens with one attached hydrogen (secondary N) is 1. The summed E-state index contributed by atoms with van der Waals surface area (Å²) in [6.07, 6.45) is -8.48. The number of piperidine rings is 1. The highest BCUT2D eigenvalue weighted by Gasteiger charge is 2.63. The average Bonchev–Trinajstić information content (AvgIpc) is 3.73. The first-order valence-corrected chi connectivity index (χ1v) is 12.0. The zero-order chi connectivity index (χ0) is 25.9. The normalized spacial score (nSPS) is 25.3. The predicted molar refractivity (Wildman–Crippen MR) is 112 cm³/mol. The van der Waals surface area contributed by atoms with Gasteiger partial charge in [0.05, 0.1) is 5.92 Å². The van der Waals surface area contributed by atoms with Crippen molar-refractivity contribution in [1.29, 1.82) is 0 Å². The van der Waals surface area contributed by atoms with Crippen LogP contribution in [0.25, 0.3) is 0 Å². The third-order valence-corrected chi connectivity index (χ3v) is 7.85. The molecule has 0 radical (unpaired) electrons. The highest BCUT2D eigenvalue weighted by Crippen LogP contribution is 2.52. The number of hydrogen-bond acceptors (Lipinski definition) is 6. The highest BCUT2D eigenvalue weighted by atomic mass is 19.4. The van der Waals surface area contributed by atoms with Crippen molar-refractivity contribution >= 4 is 11.9 Å². The molecule has 1 N–H and O–H groups in total. The van der Waals surface area contributed by atoms with Crippen LogP contribution in [0.1, 0.15) is 62.3 Å². The second-order valence-corrected chi connectivity index (χ2v) is 10.4. The molecule has 2 saturated carbocycles. The number of esters is 1. The number of nitrogens with zero attached hydrogens (tertiary/aromatic N) is 3. The number of aromatic nitrogens is 2. The van der Waals surface area contributed by atoms with Crippen LogP contribution in [0.5, 0.6) is 0 Å². The number of rotatable bonds is 5. The number of halogens is 6. The number of carbonyl (C=O) groups is 2. The van der Waals surface area contributed by atoms with Gasteiger partial charge >= 0.3 is 18.3 Å². The van der Waals surface area contributed by atoms with Crippen LogP contribution < -0.4 is 5.32 Å². The summed E-state index contributed by atoms with van der Waals surface area (Å²) in [6.45, 7) is 0.694. The van der Waals surface area contributed by atoms with Gasteiger partial charge in [-0.2, -0.15) is 26.3 Å². The van der Waals surface area contributed by atoms with Crippen molar-refractivity contribution in [3.8, 4) is 0 Å². The van der Waals surface area contributed by atoms with Crippen LogP contribution in [-0.4, -0.2) is 70.4 Å². The molecule has 2 aliphatic carbocycles. The Balaban J connectivity index is 1.38. The molecule has 4 fully saturated rings. The lowest BCUT2D eigenvalue weighted by Crippen LogP contribution is -2.55. The molecule has 7 nitrogen and oxygen atoms in total. The smallest absolute Gasteiger partial charge is 0.434 e. The minimum Gasteiger partial charge on any atom is -0.442 e. The van der Waals surface area contributed by atoms with E-state index >= 15 is 0 Å². The first kappa shape index (κ1) is 25.2. The monoisotopic (exact) mass is 520 g/mol. The van der Waals surface area contributed by atoms with Crippen molar-refractivity contribution < 1.29 is 40.7 Å². The summed E-state index contributed by atoms with van der Waals surface area (Å²) in [7, 11) is 0. The maximum Gasteiger partial charge on any atom is 0.434 e. The van der Waals surface area contributed by atoms with Crippen molar-refractivity contribution in [2.75, 3.05) is 19.6 Å². The quantitative estimate of drug-likeness (QED) is 0.474. The van der Waals surface area contributed by atoms with Crippen LogP contribution in [0, 0.1) is 5.92 Å². The number of likely N-dealkylation sites (tertiary alicyclic amines) is 1. The lowest BCUT2D eigenvalue weighted by molar-refractivity contribution is -0.314. The van der Waals surface area contributed by atoms with Gasteiger partial charge in [-0.3, -0.25) is 9.59 Å². The summed E-state index contributed by atoms with van der Waals surface area (Å²) in [6, 6.07) is 0. The zero-order valence-electron chi connectivity index (χ0n) is 19.3. The fourth-order valence-corrected chi connectivity index (χ4v) is 5.53. The highest BCUT2D eigenvalue weighted by molar-refractivity contribution is 5.92. The number of carbonyl (C=O) groups excluding carboxylic acids is 2. The van der Waals surface area contributed by atoms with Crippen molar-refractivity contribution in [3.05, 3.63) is 23.8 Å². The molecule has 1 atom stereocenters. The van der Waals surface area contributed by atoms with Gasteiger partial charge in [-0.1, -0.05) is 0 Å². The molecule has 2 aliphatic heterocycles. The molecular weight excluding hydrogens is 494 g/mol. The Morgan fingerprint density at radius 1 is 1.00 bits per heavy atom. The van der Waals surface area contributed by atoms with Gasteiger partial charge in [-0.25, -0.2) is 9.97 Å². The molecule has 1 amide bonds. The van der Waals surface area contributed by atoms with Gasteiger partial charge in [0, 0.05) is 24.5 Å². The van der Waals surface area contributed by atoms with E-state index in [2.05, 4.69) is 20.0 Å². The van der Waals surface area contributed by atoms with Gasteiger partial charge in [0.25, 0.3) is 6.10 Å². The Morgan fingerprint density at radius 3 is 2.08 bits per heavy atom. The molecule has 1 unspecified atom stereocenters. The fourth-order valence-electron chi connectivity index (χ4n) is 5.53. The van der Waals surface area contributed by atoms with E-state index in [1.807, 2.05) is 0 Å². The Morgan fingerprint density at radius 2 is 1.58 bits per heavy atom. The van der Waals surface area contributed by atoms with E-state index in [0.717, 1.165) is 18.4 Å². The van der Waals surface area contributed by atoms with Gasteiger partial charge in [0.15, 0.2) is 0 Å². The van der Waals surface area contributed by atoms with Gasteiger partial charge in [-0.05, 0) is 69.5 Å². The van der Waals surface area contributed by atoms with Crippen LogP contribution in [-0.2, 0) is 19.7 Å². The van der Waals surface area contributed by atoms with Crippen LogP contribution in [0.2, 0.25) is 0 Å². The molecular formula is C23H26F6N4O3. The number of ether oxygens (including phenoxy) is 1. The van der Waals surface area contributed by atoms with Crippen molar-refractivity contribution in [2.24, 2.45) is 5.92 Å². The number of amides is 1. The topological polar surface area (TPSA) is 84.4 Å². The molecule has 13 heteroatoms. The number of hydrogen-bond donors (Lipinski definition) is 1. The van der Waals surface area contributed by atoms with Crippen molar-refractivity contribution in [2.45, 2.75) is 80.3 Å². The maximum atomic E-state index is 13.9. The standard InChI is InChI=1S/C23H26F6N4O3/c24-22(25,26)17(23(27,28)29)36-16(34)14-9-20(5-7-30-8-6-20)33(12-14)19(35)21(3-4-21)18-31-10-15(11-32-18)13-1-2-13/h10-11,13-14,17,30H,1-9,12H2. The van der Waals surface area contributed by atoms with Gasteiger partial charge in [-0.15, -0.1) is 0 Å². The minimum atomic E-state index is -5.80. The molecule has 4 aliphatic rings. The molecule has 0 aromatic carbocycles. The van der Waals surface area contributed by atoms with Gasteiger partial charge < -0.3 is 15.0 Å². The fraction of sp³-hybridized carbons (Fsp3) is 0.739. The third-order valence-electron chi connectivity index (χ3n) is 7.85. The third kappa shape index (κ3) is 4.54. The summed E-state index contributed by atoms with van der Waals surface area (Å²) in [4.78, 5) is 36.8. The Labute approximate surface area is 203 Å². The first-order valence-electron chi connectivity index (χ1n) is 12.0. The minimum absolute atomic E-state index is 0.0563. The van der Waals surface area contributed by atoms with E-state index in [1.165, 1.54) is 4.90 Å². The summed E-state index contributed by atoms with van der Waals surface area (Å²) >= 11 is 0.